The first-order chi connectivity index (χ1) is 8.88. The molecule has 2 aromatic rings. The Kier molecular flexibility index (Phi) is 3.20. The van der Waals surface area contributed by atoms with E-state index in [1.807, 2.05) is 0 Å². The van der Waals surface area contributed by atoms with Gasteiger partial charge in [0.05, 0.1) is 11.3 Å². The molecule has 0 aromatic carbocycles. The topological polar surface area (TPSA) is 63.1 Å². The molecule has 0 fully saturated rings. The van der Waals surface area contributed by atoms with Crippen LogP contribution in [-0.2, 0) is 6.18 Å². The lowest BCUT2D eigenvalue weighted by Crippen LogP contribution is -2.07. The van der Waals surface area contributed by atoms with Crippen molar-refractivity contribution in [3.05, 3.63) is 47.9 Å². The summed E-state index contributed by atoms with van der Waals surface area (Å²) in [5.41, 5.74) is -0.437. The zero-order valence-corrected chi connectivity index (χ0v) is 9.35. The lowest BCUT2D eigenvalue weighted by molar-refractivity contribution is -0.141. The number of carboxylic acids is 1. The van der Waals surface area contributed by atoms with Gasteiger partial charge in [-0.25, -0.2) is 4.79 Å². The number of nitrogens with zero attached hydrogens (tertiary/aromatic N) is 2. The number of aromatic carboxylic acids is 1. The van der Waals surface area contributed by atoms with Gasteiger partial charge in [-0.3, -0.25) is 9.97 Å². The number of hydrogen-bond donors (Lipinski definition) is 1. The van der Waals surface area contributed by atoms with Gasteiger partial charge in [0.15, 0.2) is 0 Å². The predicted octanol–water partition coefficient (Wildman–Crippen LogP) is 2.86. The minimum absolute atomic E-state index is 0.00454. The summed E-state index contributed by atoms with van der Waals surface area (Å²) in [4.78, 5) is 18.0. The molecule has 98 valence electrons. The molecule has 7 heteroatoms. The SMILES string of the molecule is O=C(O)c1ccnc(-c2ccc(C(F)(F)F)nc2)c1. The fraction of sp³-hybridized carbons (Fsp3) is 0.0833. The second-order valence-electron chi connectivity index (χ2n) is 3.66. The molecule has 0 bridgehead atoms. The van der Waals surface area contributed by atoms with E-state index >= 15 is 0 Å². The minimum atomic E-state index is -4.51. The average Bonchev–Trinajstić information content (AvgIpc) is 2.38. The summed E-state index contributed by atoms with van der Waals surface area (Å²) >= 11 is 0. The van der Waals surface area contributed by atoms with Crippen molar-refractivity contribution in [3.63, 3.8) is 0 Å². The lowest BCUT2D eigenvalue weighted by atomic mass is 10.1. The highest BCUT2D eigenvalue weighted by atomic mass is 19.4. The highest BCUT2D eigenvalue weighted by Gasteiger charge is 2.32. The van der Waals surface area contributed by atoms with Crippen molar-refractivity contribution in [1.29, 1.82) is 0 Å². The molecule has 2 aromatic heterocycles. The van der Waals surface area contributed by atoms with E-state index in [-0.39, 0.29) is 11.3 Å². The normalized spacial score (nSPS) is 11.3. The number of carboxylic acid groups (broad SMARTS) is 1. The van der Waals surface area contributed by atoms with E-state index in [4.69, 9.17) is 5.11 Å². The Balaban J connectivity index is 2.37. The van der Waals surface area contributed by atoms with Crippen LogP contribution in [0.15, 0.2) is 36.7 Å². The number of rotatable bonds is 2. The van der Waals surface area contributed by atoms with E-state index in [0.29, 0.717) is 5.56 Å². The standard InChI is InChI=1S/C12H7F3N2O2/c13-12(14,15)10-2-1-8(6-17-10)9-5-7(11(18)19)3-4-16-9/h1-6H,(H,18,19). The van der Waals surface area contributed by atoms with E-state index in [2.05, 4.69) is 9.97 Å². The highest BCUT2D eigenvalue weighted by Crippen LogP contribution is 2.28. The van der Waals surface area contributed by atoms with Gasteiger partial charge in [-0.1, -0.05) is 0 Å². The summed E-state index contributed by atoms with van der Waals surface area (Å²) in [5.74, 6) is -1.14. The summed E-state index contributed by atoms with van der Waals surface area (Å²) < 4.78 is 37.0. The Labute approximate surface area is 105 Å². The minimum Gasteiger partial charge on any atom is -0.478 e. The summed E-state index contributed by atoms with van der Waals surface area (Å²) in [6, 6.07) is 4.59. The molecule has 19 heavy (non-hydrogen) atoms. The molecule has 0 aliphatic rings. The first-order valence-corrected chi connectivity index (χ1v) is 5.11. The fourth-order valence-electron chi connectivity index (χ4n) is 1.43. The quantitative estimate of drug-likeness (QED) is 0.909. The maximum Gasteiger partial charge on any atom is 0.433 e. The lowest BCUT2D eigenvalue weighted by Gasteiger charge is -2.06. The molecule has 4 nitrogen and oxygen atoms in total. The second kappa shape index (κ2) is 4.68. The van der Waals surface area contributed by atoms with Crippen LogP contribution in [-0.4, -0.2) is 21.0 Å². The van der Waals surface area contributed by atoms with Crippen molar-refractivity contribution in [1.82, 2.24) is 9.97 Å². The number of pyridine rings is 2. The maximum atomic E-state index is 12.3. The van der Waals surface area contributed by atoms with E-state index in [1.54, 1.807) is 0 Å². The van der Waals surface area contributed by atoms with Crippen LogP contribution in [0.25, 0.3) is 11.3 Å². The molecule has 0 radical (unpaired) electrons. The number of hydrogen-bond acceptors (Lipinski definition) is 3. The van der Waals surface area contributed by atoms with Gasteiger partial charge in [0.2, 0.25) is 0 Å². The predicted molar refractivity (Wildman–Crippen MR) is 59.4 cm³/mol. The molecule has 0 amide bonds. The third-order valence-electron chi connectivity index (χ3n) is 2.36. The van der Waals surface area contributed by atoms with Gasteiger partial charge in [0, 0.05) is 18.0 Å². The third-order valence-corrected chi connectivity index (χ3v) is 2.36. The molecule has 0 unspecified atom stereocenters. The molecular weight excluding hydrogens is 261 g/mol. The van der Waals surface area contributed by atoms with Gasteiger partial charge in [0.25, 0.3) is 0 Å². The van der Waals surface area contributed by atoms with Crippen molar-refractivity contribution >= 4 is 5.97 Å². The molecule has 0 aliphatic carbocycles. The van der Waals surface area contributed by atoms with Crippen LogP contribution in [0.3, 0.4) is 0 Å². The molecule has 2 rings (SSSR count). The molecule has 2 heterocycles. The largest absolute Gasteiger partial charge is 0.478 e. The van der Waals surface area contributed by atoms with Crippen molar-refractivity contribution < 1.29 is 23.1 Å². The Hall–Kier alpha value is -2.44. The van der Waals surface area contributed by atoms with Gasteiger partial charge in [0.1, 0.15) is 5.69 Å². The third kappa shape index (κ3) is 2.87. The summed E-state index contributed by atoms with van der Waals surface area (Å²) in [6.45, 7) is 0. The number of alkyl halides is 3. The Bertz CT molecular complexity index is 609. The van der Waals surface area contributed by atoms with Gasteiger partial charge >= 0.3 is 12.1 Å². The van der Waals surface area contributed by atoms with Crippen LogP contribution in [0.2, 0.25) is 0 Å². The van der Waals surface area contributed by atoms with Crippen LogP contribution < -0.4 is 0 Å². The molecule has 0 saturated carbocycles. The maximum absolute atomic E-state index is 12.3. The molecule has 0 atom stereocenters. The van der Waals surface area contributed by atoms with Crippen LogP contribution in [0.5, 0.6) is 0 Å². The summed E-state index contributed by atoms with van der Waals surface area (Å²) in [5, 5.41) is 8.81. The number of carbonyl (C=O) groups is 1. The van der Waals surface area contributed by atoms with Gasteiger partial charge in [-0.05, 0) is 24.3 Å². The Morgan fingerprint density at radius 1 is 1.16 bits per heavy atom. The van der Waals surface area contributed by atoms with Crippen LogP contribution in [0, 0.1) is 0 Å². The first kappa shape index (κ1) is 13.0. The van der Waals surface area contributed by atoms with Crippen LogP contribution >= 0.6 is 0 Å². The van der Waals surface area contributed by atoms with Gasteiger partial charge in [-0.15, -0.1) is 0 Å². The Morgan fingerprint density at radius 3 is 2.42 bits per heavy atom. The molecule has 0 saturated heterocycles. The van der Waals surface area contributed by atoms with Gasteiger partial charge < -0.3 is 5.11 Å². The first-order valence-electron chi connectivity index (χ1n) is 5.11. The van der Waals surface area contributed by atoms with Crippen LogP contribution in [0.1, 0.15) is 16.1 Å². The van der Waals surface area contributed by atoms with Crippen molar-refractivity contribution in [3.8, 4) is 11.3 Å². The average molecular weight is 268 g/mol. The highest BCUT2D eigenvalue weighted by molar-refractivity contribution is 5.88. The van der Waals surface area contributed by atoms with E-state index < -0.39 is 17.8 Å². The Morgan fingerprint density at radius 2 is 1.89 bits per heavy atom. The molecule has 1 N–H and O–H groups in total. The zero-order valence-electron chi connectivity index (χ0n) is 9.35. The van der Waals surface area contributed by atoms with Gasteiger partial charge in [-0.2, -0.15) is 13.2 Å². The molecular formula is C12H7F3N2O2. The number of aromatic nitrogens is 2. The van der Waals surface area contributed by atoms with Crippen molar-refractivity contribution in [2.24, 2.45) is 0 Å². The smallest absolute Gasteiger partial charge is 0.433 e. The van der Waals surface area contributed by atoms with Crippen molar-refractivity contribution in [2.75, 3.05) is 0 Å². The van der Waals surface area contributed by atoms with E-state index in [0.717, 1.165) is 12.3 Å². The van der Waals surface area contributed by atoms with Crippen LogP contribution in [0.4, 0.5) is 13.2 Å². The number of halogens is 3. The fourth-order valence-corrected chi connectivity index (χ4v) is 1.43. The zero-order chi connectivity index (χ0) is 14.0. The molecule has 0 aliphatic heterocycles. The van der Waals surface area contributed by atoms with E-state index in [9.17, 15) is 18.0 Å². The second-order valence-corrected chi connectivity index (χ2v) is 3.66. The van der Waals surface area contributed by atoms with E-state index in [1.165, 1.54) is 24.4 Å². The van der Waals surface area contributed by atoms with Crippen molar-refractivity contribution in [2.45, 2.75) is 6.18 Å². The molecule has 0 spiro atoms. The summed E-state index contributed by atoms with van der Waals surface area (Å²) in [6.07, 6.45) is -2.22. The monoisotopic (exact) mass is 268 g/mol. The summed E-state index contributed by atoms with van der Waals surface area (Å²) in [7, 11) is 0.